The normalized spacial score (nSPS) is 12.4. The number of amides is 1. The monoisotopic (exact) mass is 419 g/mol. The van der Waals surface area contributed by atoms with Crippen LogP contribution in [0.4, 0.5) is 0 Å². The maximum absolute atomic E-state index is 13.1. The highest BCUT2D eigenvalue weighted by molar-refractivity contribution is 5.97. The first-order valence-corrected chi connectivity index (χ1v) is 10.4. The Hall–Kier alpha value is -3.25. The standard InChI is InChI=1S/C25H29N3O3/c1-17-11-19(9-10-22(17)21-14-27-28-15-21)23(29)12-20(18-7-5-4-6-8-18)13-24(30)26-16-25(2,3)31/h4-11,14-15,20,31H,12-13,16H2,1-3H3,(H,26,30)(H,27,28)/t20-/m1/s1. The Morgan fingerprint density at radius 1 is 1.13 bits per heavy atom. The second-order valence-corrected chi connectivity index (χ2v) is 8.54. The van der Waals surface area contributed by atoms with Gasteiger partial charge in [-0.05, 0) is 49.4 Å². The molecule has 31 heavy (non-hydrogen) atoms. The van der Waals surface area contributed by atoms with Gasteiger partial charge in [-0.25, -0.2) is 0 Å². The number of aryl methyl sites for hydroxylation is 1. The Labute approximate surface area is 182 Å². The van der Waals surface area contributed by atoms with Crippen LogP contribution in [0.1, 0.15) is 54.1 Å². The van der Waals surface area contributed by atoms with Crippen molar-refractivity contribution in [3.05, 3.63) is 77.6 Å². The molecule has 0 aliphatic carbocycles. The van der Waals surface area contributed by atoms with Crippen LogP contribution in [-0.2, 0) is 4.79 Å². The molecule has 0 unspecified atom stereocenters. The van der Waals surface area contributed by atoms with E-state index in [9.17, 15) is 14.7 Å². The number of aromatic amines is 1. The summed E-state index contributed by atoms with van der Waals surface area (Å²) >= 11 is 0. The number of nitrogens with zero attached hydrogens (tertiary/aromatic N) is 1. The lowest BCUT2D eigenvalue weighted by Gasteiger charge is -2.20. The molecule has 1 atom stereocenters. The molecule has 0 saturated carbocycles. The van der Waals surface area contributed by atoms with Gasteiger partial charge in [-0.15, -0.1) is 0 Å². The molecular weight excluding hydrogens is 390 g/mol. The minimum Gasteiger partial charge on any atom is -0.389 e. The van der Waals surface area contributed by atoms with Crippen molar-refractivity contribution in [2.45, 2.75) is 45.1 Å². The van der Waals surface area contributed by atoms with Gasteiger partial charge in [0.2, 0.25) is 5.91 Å². The molecule has 6 heteroatoms. The SMILES string of the molecule is Cc1cc(C(=O)C[C@H](CC(=O)NCC(C)(C)O)c2ccccc2)ccc1-c1cn[nH]c1. The van der Waals surface area contributed by atoms with Crippen molar-refractivity contribution < 1.29 is 14.7 Å². The molecule has 162 valence electrons. The van der Waals surface area contributed by atoms with Crippen LogP contribution in [0.5, 0.6) is 0 Å². The zero-order valence-corrected chi connectivity index (χ0v) is 18.2. The Kier molecular flexibility index (Phi) is 7.02. The zero-order chi connectivity index (χ0) is 22.4. The number of nitrogens with one attached hydrogen (secondary N) is 2. The van der Waals surface area contributed by atoms with E-state index in [4.69, 9.17) is 0 Å². The van der Waals surface area contributed by atoms with E-state index >= 15 is 0 Å². The van der Waals surface area contributed by atoms with Gasteiger partial charge in [0, 0.05) is 36.7 Å². The summed E-state index contributed by atoms with van der Waals surface area (Å²) in [4.78, 5) is 25.6. The van der Waals surface area contributed by atoms with Crippen LogP contribution in [0.3, 0.4) is 0 Å². The van der Waals surface area contributed by atoms with Gasteiger partial charge in [0.05, 0.1) is 11.8 Å². The van der Waals surface area contributed by atoms with E-state index in [1.165, 1.54) is 0 Å². The summed E-state index contributed by atoms with van der Waals surface area (Å²) in [5.74, 6) is -0.439. The number of carbonyl (C=O) groups is 2. The summed E-state index contributed by atoms with van der Waals surface area (Å²) in [6.07, 6.45) is 3.98. The highest BCUT2D eigenvalue weighted by atomic mass is 16.3. The van der Waals surface area contributed by atoms with E-state index in [0.717, 1.165) is 22.3 Å². The molecule has 0 fully saturated rings. The fourth-order valence-corrected chi connectivity index (χ4v) is 3.54. The lowest BCUT2D eigenvalue weighted by molar-refractivity contribution is -0.122. The molecule has 3 N–H and O–H groups in total. The average molecular weight is 420 g/mol. The predicted molar refractivity (Wildman–Crippen MR) is 121 cm³/mol. The van der Waals surface area contributed by atoms with Gasteiger partial charge < -0.3 is 10.4 Å². The van der Waals surface area contributed by atoms with Gasteiger partial charge >= 0.3 is 0 Å². The van der Waals surface area contributed by atoms with Gasteiger partial charge in [-0.2, -0.15) is 5.10 Å². The molecule has 0 saturated heterocycles. The average Bonchev–Trinajstić information content (AvgIpc) is 3.26. The quantitative estimate of drug-likeness (QED) is 0.457. The number of aromatic nitrogens is 2. The van der Waals surface area contributed by atoms with Gasteiger partial charge in [0.25, 0.3) is 0 Å². The van der Waals surface area contributed by atoms with Crippen molar-refractivity contribution in [2.75, 3.05) is 6.54 Å². The second-order valence-electron chi connectivity index (χ2n) is 8.54. The molecule has 1 heterocycles. The maximum Gasteiger partial charge on any atom is 0.220 e. The smallest absolute Gasteiger partial charge is 0.220 e. The minimum atomic E-state index is -0.984. The van der Waals surface area contributed by atoms with Crippen LogP contribution in [0.2, 0.25) is 0 Å². The number of Topliss-reactive ketones (excluding diaryl/α,β-unsaturated/α-hetero) is 1. The van der Waals surface area contributed by atoms with E-state index in [1.807, 2.05) is 61.7 Å². The van der Waals surface area contributed by atoms with Crippen LogP contribution >= 0.6 is 0 Å². The number of hydrogen-bond acceptors (Lipinski definition) is 4. The van der Waals surface area contributed by atoms with E-state index < -0.39 is 5.60 Å². The molecule has 0 aliphatic heterocycles. The van der Waals surface area contributed by atoms with E-state index in [1.54, 1.807) is 20.0 Å². The maximum atomic E-state index is 13.1. The molecular formula is C25H29N3O3. The zero-order valence-electron chi connectivity index (χ0n) is 18.2. The first kappa shape index (κ1) is 22.4. The van der Waals surface area contributed by atoms with Gasteiger partial charge in [-0.3, -0.25) is 14.7 Å². The molecule has 6 nitrogen and oxygen atoms in total. The number of rotatable bonds is 9. The summed E-state index contributed by atoms with van der Waals surface area (Å²) in [7, 11) is 0. The Morgan fingerprint density at radius 3 is 2.48 bits per heavy atom. The molecule has 1 aromatic heterocycles. The second kappa shape index (κ2) is 9.71. The van der Waals surface area contributed by atoms with Crippen LogP contribution < -0.4 is 5.32 Å². The van der Waals surface area contributed by atoms with E-state index in [0.29, 0.717) is 5.56 Å². The van der Waals surface area contributed by atoms with Crippen LogP contribution in [-0.4, -0.2) is 39.1 Å². The van der Waals surface area contributed by atoms with E-state index in [2.05, 4.69) is 15.5 Å². The molecule has 0 spiro atoms. The molecule has 3 rings (SSSR count). The summed E-state index contributed by atoms with van der Waals surface area (Å²) in [6.45, 7) is 5.41. The molecule has 2 aromatic carbocycles. The summed E-state index contributed by atoms with van der Waals surface area (Å²) in [5.41, 5.74) is 3.58. The first-order chi connectivity index (χ1) is 14.7. The van der Waals surface area contributed by atoms with Gasteiger partial charge in [0.15, 0.2) is 5.78 Å². The highest BCUT2D eigenvalue weighted by Gasteiger charge is 2.22. The Morgan fingerprint density at radius 2 is 1.87 bits per heavy atom. The van der Waals surface area contributed by atoms with Crippen molar-refractivity contribution in [3.63, 3.8) is 0 Å². The number of benzene rings is 2. The number of carbonyl (C=O) groups excluding carboxylic acids is 2. The van der Waals surface area contributed by atoms with Crippen LogP contribution in [0.15, 0.2) is 60.9 Å². The molecule has 0 radical (unpaired) electrons. The third-order valence-electron chi connectivity index (χ3n) is 5.21. The van der Waals surface area contributed by atoms with Crippen LogP contribution in [0.25, 0.3) is 11.1 Å². The molecule has 1 amide bonds. The van der Waals surface area contributed by atoms with Crippen molar-refractivity contribution in [2.24, 2.45) is 0 Å². The van der Waals surface area contributed by atoms with Crippen molar-refractivity contribution in [1.82, 2.24) is 15.5 Å². The minimum absolute atomic E-state index is 0.00835. The molecule has 3 aromatic rings. The van der Waals surface area contributed by atoms with Gasteiger partial charge in [-0.1, -0.05) is 42.5 Å². The summed E-state index contributed by atoms with van der Waals surface area (Å²) in [5, 5.41) is 19.4. The van der Waals surface area contributed by atoms with Crippen molar-refractivity contribution in [3.8, 4) is 11.1 Å². The fraction of sp³-hybridized carbons (Fsp3) is 0.320. The fourth-order valence-electron chi connectivity index (χ4n) is 3.54. The van der Waals surface area contributed by atoms with Crippen LogP contribution in [0, 0.1) is 6.92 Å². The Balaban J connectivity index is 1.75. The van der Waals surface area contributed by atoms with Crippen molar-refractivity contribution >= 4 is 11.7 Å². The summed E-state index contributed by atoms with van der Waals surface area (Å²) < 4.78 is 0. The number of aliphatic hydroxyl groups is 1. The third kappa shape index (κ3) is 6.36. The van der Waals surface area contributed by atoms with Gasteiger partial charge in [0.1, 0.15) is 0 Å². The number of ketones is 1. The lowest BCUT2D eigenvalue weighted by atomic mass is 9.88. The third-order valence-corrected chi connectivity index (χ3v) is 5.21. The number of hydrogen-bond donors (Lipinski definition) is 3. The van der Waals surface area contributed by atoms with Crippen molar-refractivity contribution in [1.29, 1.82) is 0 Å². The topological polar surface area (TPSA) is 95.1 Å². The molecule has 0 aliphatic rings. The van der Waals surface area contributed by atoms with E-state index in [-0.39, 0.29) is 37.0 Å². The lowest BCUT2D eigenvalue weighted by Crippen LogP contribution is -2.38. The predicted octanol–water partition coefficient (Wildman–Crippen LogP) is 4.02. The Bertz CT molecular complexity index is 1020. The molecule has 0 bridgehead atoms. The highest BCUT2D eigenvalue weighted by Crippen LogP contribution is 2.28. The summed E-state index contributed by atoms with van der Waals surface area (Å²) in [6, 6.07) is 15.3. The largest absolute Gasteiger partial charge is 0.389 e. The first-order valence-electron chi connectivity index (χ1n) is 10.4. The number of H-pyrrole nitrogens is 1.